The van der Waals surface area contributed by atoms with Crippen molar-refractivity contribution >= 4 is 35.8 Å². The minimum Gasteiger partial charge on any atom is -0.381 e. The van der Waals surface area contributed by atoms with E-state index in [4.69, 9.17) is 4.74 Å². The number of rotatable bonds is 8. The molecule has 0 aromatic heterocycles. The van der Waals surface area contributed by atoms with Gasteiger partial charge in [0.05, 0.1) is 0 Å². The molecule has 0 atom stereocenters. The lowest BCUT2D eigenvalue weighted by atomic mass is 9.96. The van der Waals surface area contributed by atoms with Crippen LogP contribution in [0.1, 0.15) is 31.2 Å². The summed E-state index contributed by atoms with van der Waals surface area (Å²) in [5.74, 6) is 1.63. The third-order valence-electron chi connectivity index (χ3n) is 4.75. The Hall–Kier alpha value is -1.35. The third kappa shape index (κ3) is 9.41. The number of hydrogen-bond donors (Lipinski definition) is 2. The molecule has 7 heteroatoms. The summed E-state index contributed by atoms with van der Waals surface area (Å²) in [4.78, 5) is 18.4. The highest BCUT2D eigenvalue weighted by Crippen LogP contribution is 2.18. The average Bonchev–Trinajstić information content (AvgIpc) is 2.69. The predicted molar refractivity (Wildman–Crippen MR) is 120 cm³/mol. The molecule has 152 valence electrons. The number of amides is 1. The molecule has 2 N–H and O–H groups in total. The first-order valence-electron chi connectivity index (χ1n) is 9.49. The van der Waals surface area contributed by atoms with E-state index in [9.17, 15) is 4.79 Å². The van der Waals surface area contributed by atoms with E-state index in [1.165, 1.54) is 0 Å². The van der Waals surface area contributed by atoms with Crippen LogP contribution in [-0.2, 0) is 16.1 Å². The molecule has 1 fully saturated rings. The lowest BCUT2D eigenvalue weighted by molar-refractivity contribution is -0.121. The molecule has 1 aromatic carbocycles. The van der Waals surface area contributed by atoms with E-state index in [2.05, 4.69) is 20.5 Å². The Morgan fingerprint density at radius 3 is 2.59 bits per heavy atom. The Morgan fingerprint density at radius 1 is 1.22 bits per heavy atom. The number of benzene rings is 1. The number of nitrogens with zero attached hydrogens (tertiary/aromatic N) is 2. The van der Waals surface area contributed by atoms with Crippen molar-refractivity contribution in [3.8, 4) is 0 Å². The summed E-state index contributed by atoms with van der Waals surface area (Å²) in [6.07, 6.45) is 3.89. The molecule has 0 unspecified atom stereocenters. The van der Waals surface area contributed by atoms with Gasteiger partial charge in [0.25, 0.3) is 0 Å². The van der Waals surface area contributed by atoms with E-state index in [0.717, 1.165) is 56.5 Å². The summed E-state index contributed by atoms with van der Waals surface area (Å²) in [5.41, 5.74) is 1.11. The van der Waals surface area contributed by atoms with Crippen LogP contribution in [0.15, 0.2) is 35.3 Å². The Bertz CT molecular complexity index is 562. The largest absolute Gasteiger partial charge is 0.381 e. The van der Waals surface area contributed by atoms with E-state index >= 15 is 0 Å². The quantitative estimate of drug-likeness (QED) is 0.336. The van der Waals surface area contributed by atoms with Crippen molar-refractivity contribution in [2.75, 3.05) is 40.4 Å². The van der Waals surface area contributed by atoms with Crippen LogP contribution >= 0.6 is 24.0 Å². The minimum atomic E-state index is 0. The fourth-order valence-corrected chi connectivity index (χ4v) is 3.07. The fraction of sp³-hybridized carbons (Fsp3) is 0.600. The molecule has 1 aromatic rings. The number of guanidine groups is 1. The van der Waals surface area contributed by atoms with E-state index in [0.29, 0.717) is 19.5 Å². The van der Waals surface area contributed by atoms with Crippen molar-refractivity contribution in [2.45, 2.75) is 32.2 Å². The maximum atomic E-state index is 12.0. The zero-order valence-corrected chi connectivity index (χ0v) is 18.8. The van der Waals surface area contributed by atoms with Gasteiger partial charge in [0.1, 0.15) is 0 Å². The maximum Gasteiger partial charge on any atom is 0.222 e. The van der Waals surface area contributed by atoms with Gasteiger partial charge >= 0.3 is 0 Å². The first-order chi connectivity index (χ1) is 12.7. The number of nitrogens with one attached hydrogen (secondary N) is 2. The summed E-state index contributed by atoms with van der Waals surface area (Å²) in [5, 5.41) is 6.22. The van der Waals surface area contributed by atoms with Crippen LogP contribution in [0.2, 0.25) is 0 Å². The van der Waals surface area contributed by atoms with Crippen molar-refractivity contribution in [1.82, 2.24) is 15.5 Å². The Kier molecular flexibility index (Phi) is 12.1. The first kappa shape index (κ1) is 23.7. The van der Waals surface area contributed by atoms with Crippen LogP contribution in [-0.4, -0.2) is 57.2 Å². The van der Waals surface area contributed by atoms with Crippen molar-refractivity contribution in [3.63, 3.8) is 0 Å². The zero-order chi connectivity index (χ0) is 18.6. The number of carbonyl (C=O) groups excluding carboxylic acids is 1. The van der Waals surface area contributed by atoms with Gasteiger partial charge < -0.3 is 20.3 Å². The number of halogens is 1. The summed E-state index contributed by atoms with van der Waals surface area (Å²) >= 11 is 0. The van der Waals surface area contributed by atoms with E-state index in [-0.39, 0.29) is 29.9 Å². The van der Waals surface area contributed by atoms with Crippen LogP contribution < -0.4 is 10.6 Å². The molecule has 0 aliphatic carbocycles. The van der Waals surface area contributed by atoms with Gasteiger partial charge in [-0.2, -0.15) is 0 Å². The molecule has 1 heterocycles. The SMILES string of the molecule is CN=C(NCCC(=O)NCc1ccccc1)N(C)CCC1CCOCC1.I. The molecule has 1 amide bonds. The molecule has 1 aliphatic heterocycles. The van der Waals surface area contributed by atoms with Gasteiger partial charge in [0.2, 0.25) is 5.91 Å². The summed E-state index contributed by atoms with van der Waals surface area (Å²) in [6.45, 7) is 3.89. The highest BCUT2D eigenvalue weighted by molar-refractivity contribution is 14.0. The maximum absolute atomic E-state index is 12.0. The Morgan fingerprint density at radius 2 is 1.93 bits per heavy atom. The van der Waals surface area contributed by atoms with E-state index < -0.39 is 0 Å². The lowest BCUT2D eigenvalue weighted by Crippen LogP contribution is -2.41. The molecule has 0 radical (unpaired) electrons. The molecule has 2 rings (SSSR count). The number of aliphatic imine (C=N–C) groups is 1. The standard InChI is InChI=1S/C20H32N4O2.HI/c1-21-20(24(2)13-9-17-10-14-26-15-11-17)22-12-8-19(25)23-16-18-6-4-3-5-7-18;/h3-7,17H,8-16H2,1-2H3,(H,21,22)(H,23,25);1H. The third-order valence-corrected chi connectivity index (χ3v) is 4.75. The van der Waals surface area contributed by atoms with Crippen molar-refractivity contribution in [3.05, 3.63) is 35.9 Å². The zero-order valence-electron chi connectivity index (χ0n) is 16.4. The molecular formula is C20H33IN4O2. The second-order valence-corrected chi connectivity index (χ2v) is 6.75. The fourth-order valence-electron chi connectivity index (χ4n) is 3.07. The monoisotopic (exact) mass is 488 g/mol. The molecule has 1 aliphatic rings. The first-order valence-corrected chi connectivity index (χ1v) is 9.49. The highest BCUT2D eigenvalue weighted by Gasteiger charge is 2.15. The van der Waals surface area contributed by atoms with Gasteiger partial charge in [-0.25, -0.2) is 0 Å². The average molecular weight is 488 g/mol. The number of ether oxygens (including phenoxy) is 1. The van der Waals surface area contributed by atoms with Crippen LogP contribution in [0.3, 0.4) is 0 Å². The smallest absolute Gasteiger partial charge is 0.222 e. The van der Waals surface area contributed by atoms with E-state index in [1.807, 2.05) is 37.4 Å². The Labute approximate surface area is 180 Å². The van der Waals surface area contributed by atoms with Crippen LogP contribution in [0, 0.1) is 5.92 Å². The van der Waals surface area contributed by atoms with Gasteiger partial charge in [-0.3, -0.25) is 9.79 Å². The molecule has 6 nitrogen and oxygen atoms in total. The molecule has 1 saturated heterocycles. The second kappa shape index (κ2) is 13.8. The van der Waals surface area contributed by atoms with Gasteiger partial charge in [-0.05, 0) is 30.7 Å². The molecule has 0 saturated carbocycles. The van der Waals surface area contributed by atoms with Crippen molar-refractivity contribution < 1.29 is 9.53 Å². The molecule has 0 bridgehead atoms. The predicted octanol–water partition coefficient (Wildman–Crippen LogP) is 2.63. The second-order valence-electron chi connectivity index (χ2n) is 6.75. The van der Waals surface area contributed by atoms with Crippen LogP contribution in [0.4, 0.5) is 0 Å². The minimum absolute atomic E-state index is 0. The van der Waals surface area contributed by atoms with Gasteiger partial charge in [0, 0.05) is 53.4 Å². The molecular weight excluding hydrogens is 455 g/mol. The molecule has 0 spiro atoms. The molecule has 27 heavy (non-hydrogen) atoms. The summed E-state index contributed by atoms with van der Waals surface area (Å²) < 4.78 is 5.41. The van der Waals surface area contributed by atoms with E-state index in [1.54, 1.807) is 7.05 Å². The highest BCUT2D eigenvalue weighted by atomic mass is 127. The van der Waals surface area contributed by atoms with Gasteiger partial charge in [0.15, 0.2) is 5.96 Å². The van der Waals surface area contributed by atoms with Crippen molar-refractivity contribution in [1.29, 1.82) is 0 Å². The summed E-state index contributed by atoms with van der Waals surface area (Å²) in [7, 11) is 3.83. The number of hydrogen-bond acceptors (Lipinski definition) is 3. The summed E-state index contributed by atoms with van der Waals surface area (Å²) in [6, 6.07) is 9.94. The normalized spacial score (nSPS) is 15.0. The van der Waals surface area contributed by atoms with Crippen molar-refractivity contribution in [2.24, 2.45) is 10.9 Å². The number of carbonyl (C=O) groups is 1. The Balaban J connectivity index is 0.00000364. The van der Waals surface area contributed by atoms with Gasteiger partial charge in [-0.1, -0.05) is 30.3 Å². The topological polar surface area (TPSA) is 66.0 Å². The van der Waals surface area contributed by atoms with Crippen LogP contribution in [0.25, 0.3) is 0 Å². The van der Waals surface area contributed by atoms with Crippen LogP contribution in [0.5, 0.6) is 0 Å². The van der Waals surface area contributed by atoms with Gasteiger partial charge in [-0.15, -0.1) is 24.0 Å². The lowest BCUT2D eigenvalue weighted by Gasteiger charge is -2.26.